The van der Waals surface area contributed by atoms with Gasteiger partial charge in [-0.15, -0.1) is 11.3 Å². The summed E-state index contributed by atoms with van der Waals surface area (Å²) in [4.78, 5) is 16.6. The zero-order valence-electron chi connectivity index (χ0n) is 7.18. The van der Waals surface area contributed by atoms with E-state index in [9.17, 15) is 9.18 Å². The number of nitrogens with zero attached hydrogens (tertiary/aromatic N) is 2. The van der Waals surface area contributed by atoms with Gasteiger partial charge >= 0.3 is 0 Å². The number of carbonyl (C=O) groups is 1. The van der Waals surface area contributed by atoms with Crippen LogP contribution in [-0.2, 0) is 0 Å². The van der Waals surface area contributed by atoms with Crippen LogP contribution in [0.5, 0.6) is 0 Å². The third-order valence-electron chi connectivity index (χ3n) is 2.49. The van der Waals surface area contributed by atoms with Crippen molar-refractivity contribution in [2.45, 2.75) is 18.5 Å². The first kappa shape index (κ1) is 8.11. The van der Waals surface area contributed by atoms with E-state index >= 15 is 0 Å². The fraction of sp³-hybridized carbons (Fsp3) is 0.333. The second-order valence-corrected chi connectivity index (χ2v) is 4.49. The van der Waals surface area contributed by atoms with Crippen LogP contribution < -0.4 is 0 Å². The Kier molecular flexibility index (Phi) is 1.53. The quantitative estimate of drug-likeness (QED) is 0.711. The summed E-state index contributed by atoms with van der Waals surface area (Å²) in [6.07, 6.45) is 3.86. The lowest BCUT2D eigenvalue weighted by atomic mass is 10.3. The third kappa shape index (κ3) is 0.957. The normalized spacial score (nSPS) is 25.5. The molecule has 0 N–H and O–H groups in total. The average molecular weight is 210 g/mol. The number of thiazole rings is 1. The van der Waals surface area contributed by atoms with Crippen LogP contribution in [0, 0.1) is 0 Å². The molecular formula is C9H7FN2OS. The summed E-state index contributed by atoms with van der Waals surface area (Å²) in [5.74, 6) is -0.0555. The Morgan fingerprint density at radius 1 is 1.71 bits per heavy atom. The Hall–Kier alpha value is -1.23. The smallest absolute Gasteiger partial charge is 0.168 e. The second-order valence-electron chi connectivity index (χ2n) is 3.43. The van der Waals surface area contributed by atoms with Crippen LogP contribution in [0.25, 0.3) is 4.83 Å². The maximum atomic E-state index is 12.9. The Balaban J connectivity index is 2.22. The fourth-order valence-electron chi connectivity index (χ4n) is 1.64. The first-order valence-corrected chi connectivity index (χ1v) is 5.17. The molecule has 2 aromatic heterocycles. The zero-order valence-corrected chi connectivity index (χ0v) is 8.00. The van der Waals surface area contributed by atoms with Crippen molar-refractivity contribution in [3.05, 3.63) is 23.1 Å². The van der Waals surface area contributed by atoms with Crippen molar-refractivity contribution in [2.24, 2.45) is 0 Å². The number of hydrogen-bond acceptors (Lipinski definition) is 3. The van der Waals surface area contributed by atoms with Gasteiger partial charge in [0, 0.05) is 10.8 Å². The average Bonchev–Trinajstić information content (AvgIpc) is 2.64. The number of hydrogen-bond donors (Lipinski definition) is 0. The summed E-state index contributed by atoms with van der Waals surface area (Å²) < 4.78 is 14.6. The SMILES string of the molecule is O=Cc1c([C@@H]2C[C@@H]2F)sc2cncn12. The molecule has 0 unspecified atom stereocenters. The van der Waals surface area contributed by atoms with Gasteiger partial charge < -0.3 is 0 Å². The lowest BCUT2D eigenvalue weighted by Crippen LogP contribution is -1.92. The number of imidazole rings is 1. The summed E-state index contributed by atoms with van der Waals surface area (Å²) >= 11 is 1.46. The number of aromatic nitrogens is 2. The topological polar surface area (TPSA) is 34.4 Å². The summed E-state index contributed by atoms with van der Waals surface area (Å²) in [7, 11) is 0. The van der Waals surface area contributed by atoms with E-state index in [1.165, 1.54) is 11.3 Å². The van der Waals surface area contributed by atoms with Gasteiger partial charge in [0.15, 0.2) is 6.29 Å². The van der Waals surface area contributed by atoms with Crippen LogP contribution in [-0.4, -0.2) is 21.8 Å². The molecule has 0 radical (unpaired) electrons. The van der Waals surface area contributed by atoms with Gasteiger partial charge in [-0.3, -0.25) is 9.20 Å². The minimum atomic E-state index is -0.759. The molecule has 0 spiro atoms. The van der Waals surface area contributed by atoms with E-state index in [4.69, 9.17) is 0 Å². The number of alkyl halides is 1. The fourth-order valence-corrected chi connectivity index (χ4v) is 2.87. The van der Waals surface area contributed by atoms with Crippen LogP contribution in [0.2, 0.25) is 0 Å². The van der Waals surface area contributed by atoms with E-state index in [0.717, 1.165) is 16.0 Å². The predicted molar refractivity (Wildman–Crippen MR) is 50.7 cm³/mol. The number of fused-ring (bicyclic) bond motifs is 1. The van der Waals surface area contributed by atoms with Crippen LogP contribution in [0.15, 0.2) is 12.5 Å². The first-order valence-electron chi connectivity index (χ1n) is 4.35. The molecule has 14 heavy (non-hydrogen) atoms. The molecule has 1 aliphatic rings. The summed E-state index contributed by atoms with van der Waals surface area (Å²) in [6, 6.07) is 0. The molecule has 1 fully saturated rings. The van der Waals surface area contributed by atoms with Gasteiger partial charge in [0.2, 0.25) is 0 Å². The first-order chi connectivity index (χ1) is 6.81. The van der Waals surface area contributed by atoms with E-state index in [1.807, 2.05) is 0 Å². The van der Waals surface area contributed by atoms with E-state index in [2.05, 4.69) is 4.98 Å². The molecule has 2 atom stereocenters. The molecule has 0 aromatic carbocycles. The summed E-state index contributed by atoms with van der Waals surface area (Å²) in [5.41, 5.74) is 0.563. The van der Waals surface area contributed by atoms with Crippen LogP contribution in [0.1, 0.15) is 27.7 Å². The van der Waals surface area contributed by atoms with Crippen molar-refractivity contribution in [3.63, 3.8) is 0 Å². The molecule has 0 amide bonds. The van der Waals surface area contributed by atoms with Crippen molar-refractivity contribution in [1.29, 1.82) is 0 Å². The highest BCUT2D eigenvalue weighted by Gasteiger charge is 2.42. The maximum absolute atomic E-state index is 12.9. The van der Waals surface area contributed by atoms with Crippen molar-refractivity contribution in [3.8, 4) is 0 Å². The van der Waals surface area contributed by atoms with Gasteiger partial charge in [0.05, 0.1) is 6.20 Å². The number of halogens is 1. The molecule has 3 nitrogen and oxygen atoms in total. The van der Waals surface area contributed by atoms with E-state index < -0.39 is 6.17 Å². The molecule has 1 saturated carbocycles. The maximum Gasteiger partial charge on any atom is 0.168 e. The molecule has 72 valence electrons. The highest BCUT2D eigenvalue weighted by Crippen LogP contribution is 2.47. The van der Waals surface area contributed by atoms with Gasteiger partial charge in [-0.25, -0.2) is 9.37 Å². The molecular weight excluding hydrogens is 203 g/mol. The minimum Gasteiger partial charge on any atom is -0.296 e. The van der Waals surface area contributed by atoms with Crippen LogP contribution >= 0.6 is 11.3 Å². The lowest BCUT2D eigenvalue weighted by Gasteiger charge is -1.92. The van der Waals surface area contributed by atoms with Crippen molar-refractivity contribution in [2.75, 3.05) is 0 Å². The van der Waals surface area contributed by atoms with Crippen LogP contribution in [0.3, 0.4) is 0 Å². The van der Waals surface area contributed by atoms with E-state index in [-0.39, 0.29) is 5.92 Å². The Bertz CT molecular complexity index is 504. The molecule has 1 aliphatic carbocycles. The Morgan fingerprint density at radius 3 is 3.14 bits per heavy atom. The minimum absolute atomic E-state index is 0.0555. The molecule has 2 heterocycles. The van der Waals surface area contributed by atoms with Crippen molar-refractivity contribution >= 4 is 22.5 Å². The Labute approximate surface area is 83.2 Å². The molecule has 0 aliphatic heterocycles. The van der Waals surface area contributed by atoms with E-state index in [0.29, 0.717) is 12.1 Å². The zero-order chi connectivity index (χ0) is 9.71. The van der Waals surface area contributed by atoms with Crippen LogP contribution in [0.4, 0.5) is 4.39 Å². The number of rotatable bonds is 2. The highest BCUT2D eigenvalue weighted by molar-refractivity contribution is 7.17. The Morgan fingerprint density at radius 2 is 2.50 bits per heavy atom. The monoisotopic (exact) mass is 210 g/mol. The summed E-state index contributed by atoms with van der Waals surface area (Å²) in [5, 5.41) is 0. The summed E-state index contributed by atoms with van der Waals surface area (Å²) in [6.45, 7) is 0. The second kappa shape index (κ2) is 2.63. The van der Waals surface area contributed by atoms with Gasteiger partial charge in [-0.2, -0.15) is 0 Å². The molecule has 3 rings (SSSR count). The van der Waals surface area contributed by atoms with Gasteiger partial charge in [0.1, 0.15) is 23.0 Å². The van der Waals surface area contributed by atoms with Gasteiger partial charge in [0.25, 0.3) is 0 Å². The highest BCUT2D eigenvalue weighted by atomic mass is 32.1. The van der Waals surface area contributed by atoms with Crippen molar-refractivity contribution < 1.29 is 9.18 Å². The molecule has 5 heteroatoms. The molecule has 2 aromatic rings. The number of carbonyl (C=O) groups excluding carboxylic acids is 1. The molecule has 0 bridgehead atoms. The van der Waals surface area contributed by atoms with Crippen molar-refractivity contribution in [1.82, 2.24) is 9.38 Å². The third-order valence-corrected chi connectivity index (χ3v) is 3.74. The van der Waals surface area contributed by atoms with E-state index in [1.54, 1.807) is 16.9 Å². The van der Waals surface area contributed by atoms with Gasteiger partial charge in [-0.05, 0) is 6.42 Å². The standard InChI is InChI=1S/C9H7FN2OS/c10-6-1-5(6)9-7(3-13)12-4-11-2-8(12)14-9/h2-6H,1H2/t5-,6+/m1/s1. The number of aldehydes is 1. The molecule has 0 saturated heterocycles. The largest absolute Gasteiger partial charge is 0.296 e. The van der Waals surface area contributed by atoms with Gasteiger partial charge in [-0.1, -0.05) is 0 Å². The lowest BCUT2D eigenvalue weighted by molar-refractivity contribution is 0.111. The predicted octanol–water partition coefficient (Wildman–Crippen LogP) is 2.03.